The number of carbonyl (C=O) groups excluding carboxylic acids is 2. The monoisotopic (exact) mass is 391 g/mol. The molecule has 1 aromatic carbocycles. The molecule has 1 saturated carbocycles. The van der Waals surface area contributed by atoms with E-state index in [0.29, 0.717) is 48.3 Å². The van der Waals surface area contributed by atoms with E-state index < -0.39 is 11.6 Å². The summed E-state index contributed by atoms with van der Waals surface area (Å²) in [5, 5.41) is 2.93. The third kappa shape index (κ3) is 5.47. The Morgan fingerprint density at radius 2 is 2.07 bits per heavy atom. The fourth-order valence-electron chi connectivity index (χ4n) is 3.59. The van der Waals surface area contributed by atoms with Crippen molar-refractivity contribution >= 4 is 17.6 Å². The normalized spacial score (nSPS) is 22.0. The maximum Gasteiger partial charge on any atom is 0.341 e. The second-order valence-electron chi connectivity index (χ2n) is 7.99. The van der Waals surface area contributed by atoms with E-state index in [2.05, 4.69) is 12.2 Å². The van der Waals surface area contributed by atoms with Gasteiger partial charge in [0.2, 0.25) is 0 Å². The molecule has 28 heavy (non-hydrogen) atoms. The average Bonchev–Trinajstić information content (AvgIpc) is 2.66. The first kappa shape index (κ1) is 22.2. The SMILES string of the molecule is CCOC(=O)c1cc(NC(=O)[C@]2(OC)CCC[C@H](C)C2)ccc1OCC(C)C. The summed E-state index contributed by atoms with van der Waals surface area (Å²) in [7, 11) is 1.59. The molecule has 0 radical (unpaired) electrons. The van der Waals surface area contributed by atoms with Gasteiger partial charge in [0.05, 0.1) is 13.2 Å². The predicted molar refractivity (Wildman–Crippen MR) is 109 cm³/mol. The lowest BCUT2D eigenvalue weighted by Gasteiger charge is -2.37. The predicted octanol–water partition coefficient (Wildman–Crippen LogP) is 4.43. The highest BCUT2D eigenvalue weighted by molar-refractivity contribution is 5.99. The second kappa shape index (κ2) is 9.92. The minimum absolute atomic E-state index is 0.174. The summed E-state index contributed by atoms with van der Waals surface area (Å²) < 4.78 is 16.6. The van der Waals surface area contributed by atoms with E-state index in [1.807, 2.05) is 13.8 Å². The van der Waals surface area contributed by atoms with Crippen molar-refractivity contribution in [2.75, 3.05) is 25.6 Å². The van der Waals surface area contributed by atoms with Gasteiger partial charge in [-0.15, -0.1) is 0 Å². The van der Waals surface area contributed by atoms with Crippen LogP contribution in [0.4, 0.5) is 5.69 Å². The summed E-state index contributed by atoms with van der Waals surface area (Å²) in [5.74, 6) is 0.570. The lowest BCUT2D eigenvalue weighted by atomic mass is 9.78. The number of anilines is 1. The molecule has 1 N–H and O–H groups in total. The van der Waals surface area contributed by atoms with Crippen LogP contribution in [0.2, 0.25) is 0 Å². The highest BCUT2D eigenvalue weighted by Crippen LogP contribution is 2.36. The lowest BCUT2D eigenvalue weighted by Crippen LogP contribution is -2.47. The van der Waals surface area contributed by atoms with E-state index in [1.165, 1.54) is 0 Å². The second-order valence-corrected chi connectivity index (χ2v) is 7.99. The highest BCUT2D eigenvalue weighted by atomic mass is 16.5. The molecule has 0 spiro atoms. The van der Waals surface area contributed by atoms with Crippen LogP contribution >= 0.6 is 0 Å². The summed E-state index contributed by atoms with van der Waals surface area (Å²) >= 11 is 0. The van der Waals surface area contributed by atoms with Crippen LogP contribution in [-0.4, -0.2) is 37.8 Å². The third-order valence-corrected chi connectivity index (χ3v) is 5.07. The van der Waals surface area contributed by atoms with Crippen molar-refractivity contribution in [2.45, 2.75) is 59.0 Å². The summed E-state index contributed by atoms with van der Waals surface area (Å²) in [6.07, 6.45) is 3.45. The van der Waals surface area contributed by atoms with Crippen molar-refractivity contribution in [3.05, 3.63) is 23.8 Å². The summed E-state index contributed by atoms with van der Waals surface area (Å²) in [5.41, 5.74) is 0.0116. The van der Waals surface area contributed by atoms with Crippen molar-refractivity contribution in [1.29, 1.82) is 0 Å². The van der Waals surface area contributed by atoms with Crippen LogP contribution < -0.4 is 10.1 Å². The van der Waals surface area contributed by atoms with Gasteiger partial charge in [0.25, 0.3) is 5.91 Å². The largest absolute Gasteiger partial charge is 0.492 e. The van der Waals surface area contributed by atoms with Gasteiger partial charge in [-0.05, 0) is 56.2 Å². The molecule has 1 aliphatic rings. The van der Waals surface area contributed by atoms with Gasteiger partial charge in [0.1, 0.15) is 16.9 Å². The molecule has 1 amide bonds. The van der Waals surface area contributed by atoms with Crippen LogP contribution in [0.15, 0.2) is 18.2 Å². The Morgan fingerprint density at radius 1 is 1.32 bits per heavy atom. The summed E-state index contributed by atoms with van der Waals surface area (Å²) in [6.45, 7) is 8.72. The number of carbonyl (C=O) groups is 2. The number of rotatable bonds is 8. The molecule has 2 rings (SSSR count). The van der Waals surface area contributed by atoms with Crippen molar-refractivity contribution in [1.82, 2.24) is 0 Å². The Labute approximate surface area is 167 Å². The van der Waals surface area contributed by atoms with E-state index in [1.54, 1.807) is 32.2 Å². The van der Waals surface area contributed by atoms with E-state index in [9.17, 15) is 9.59 Å². The van der Waals surface area contributed by atoms with Gasteiger partial charge in [-0.2, -0.15) is 0 Å². The molecule has 1 aromatic rings. The molecule has 1 aliphatic carbocycles. The van der Waals surface area contributed by atoms with E-state index in [-0.39, 0.29) is 12.5 Å². The number of methoxy groups -OCH3 is 1. The van der Waals surface area contributed by atoms with Gasteiger partial charge in [0.15, 0.2) is 0 Å². The molecule has 1 fully saturated rings. The molecule has 2 atom stereocenters. The van der Waals surface area contributed by atoms with E-state index >= 15 is 0 Å². The first-order valence-electron chi connectivity index (χ1n) is 10.1. The average molecular weight is 392 g/mol. The van der Waals surface area contributed by atoms with Crippen molar-refractivity contribution in [2.24, 2.45) is 11.8 Å². The van der Waals surface area contributed by atoms with Crippen molar-refractivity contribution in [3.63, 3.8) is 0 Å². The Morgan fingerprint density at radius 3 is 2.68 bits per heavy atom. The number of benzene rings is 1. The molecule has 6 nitrogen and oxygen atoms in total. The topological polar surface area (TPSA) is 73.9 Å². The highest BCUT2D eigenvalue weighted by Gasteiger charge is 2.42. The van der Waals surface area contributed by atoms with Crippen LogP contribution in [0.3, 0.4) is 0 Å². The quantitative estimate of drug-likeness (QED) is 0.664. The first-order chi connectivity index (χ1) is 13.3. The van der Waals surface area contributed by atoms with Crippen molar-refractivity contribution < 1.29 is 23.8 Å². The summed E-state index contributed by atoms with van der Waals surface area (Å²) in [4.78, 5) is 25.4. The Hall–Kier alpha value is -2.08. The number of nitrogens with one attached hydrogen (secondary N) is 1. The van der Waals surface area contributed by atoms with Gasteiger partial charge in [-0.1, -0.05) is 27.2 Å². The molecule has 6 heteroatoms. The maximum absolute atomic E-state index is 13.0. The molecule has 0 aliphatic heterocycles. The van der Waals surface area contributed by atoms with E-state index in [0.717, 1.165) is 12.8 Å². The molecule has 0 saturated heterocycles. The minimum atomic E-state index is -0.825. The number of esters is 1. The Kier molecular flexibility index (Phi) is 7.87. The zero-order valence-electron chi connectivity index (χ0n) is 17.7. The standard InChI is InChI=1S/C22H33NO5/c1-6-27-20(24)18-12-17(9-10-19(18)28-14-15(2)3)23-21(25)22(26-5)11-7-8-16(4)13-22/h9-10,12,15-16H,6-8,11,13-14H2,1-5H3,(H,23,25)/t16-,22-/m0/s1. The van der Waals surface area contributed by atoms with Gasteiger partial charge < -0.3 is 19.5 Å². The van der Waals surface area contributed by atoms with Crippen molar-refractivity contribution in [3.8, 4) is 5.75 Å². The molecular formula is C22H33NO5. The van der Waals surface area contributed by atoms with Gasteiger partial charge in [-0.3, -0.25) is 4.79 Å². The molecule has 0 aromatic heterocycles. The van der Waals surface area contributed by atoms with Crippen LogP contribution in [0, 0.1) is 11.8 Å². The van der Waals surface area contributed by atoms with Crippen LogP contribution in [0.1, 0.15) is 63.7 Å². The van der Waals surface area contributed by atoms with E-state index in [4.69, 9.17) is 14.2 Å². The third-order valence-electron chi connectivity index (χ3n) is 5.07. The zero-order valence-corrected chi connectivity index (χ0v) is 17.7. The number of ether oxygens (including phenoxy) is 3. The smallest absolute Gasteiger partial charge is 0.341 e. The Balaban J connectivity index is 2.23. The molecule has 156 valence electrons. The van der Waals surface area contributed by atoms with Crippen LogP contribution in [0.25, 0.3) is 0 Å². The first-order valence-corrected chi connectivity index (χ1v) is 10.1. The van der Waals surface area contributed by atoms with Gasteiger partial charge in [-0.25, -0.2) is 4.79 Å². The lowest BCUT2D eigenvalue weighted by molar-refractivity contribution is -0.143. The number of hydrogen-bond donors (Lipinski definition) is 1. The van der Waals surface area contributed by atoms with Gasteiger partial charge in [0, 0.05) is 12.8 Å². The maximum atomic E-state index is 13.0. The number of amides is 1. The molecule has 0 bridgehead atoms. The van der Waals surface area contributed by atoms with Crippen LogP contribution in [-0.2, 0) is 14.3 Å². The summed E-state index contributed by atoms with van der Waals surface area (Å²) in [6, 6.07) is 5.06. The fraction of sp³-hybridized carbons (Fsp3) is 0.636. The van der Waals surface area contributed by atoms with Crippen LogP contribution in [0.5, 0.6) is 5.75 Å². The number of hydrogen-bond acceptors (Lipinski definition) is 5. The Bertz CT molecular complexity index is 688. The molecule has 0 unspecified atom stereocenters. The molecule has 0 heterocycles. The molecular weight excluding hydrogens is 358 g/mol. The minimum Gasteiger partial charge on any atom is -0.492 e. The fourth-order valence-corrected chi connectivity index (χ4v) is 3.59. The van der Waals surface area contributed by atoms with Gasteiger partial charge >= 0.3 is 5.97 Å². The zero-order chi connectivity index (χ0) is 20.7.